The highest BCUT2D eigenvalue weighted by atomic mass is 35.5. The average Bonchev–Trinajstić information content (AvgIpc) is 2.29. The van der Waals surface area contributed by atoms with E-state index in [0.29, 0.717) is 6.42 Å². The van der Waals surface area contributed by atoms with Gasteiger partial charge in [0, 0.05) is 6.54 Å². The Morgan fingerprint density at radius 3 is 2.94 bits per heavy atom. The van der Waals surface area contributed by atoms with E-state index in [2.05, 4.69) is 10.3 Å². The summed E-state index contributed by atoms with van der Waals surface area (Å²) in [6.45, 7) is 3.46. The topological polar surface area (TPSA) is 62.2 Å². The summed E-state index contributed by atoms with van der Waals surface area (Å²) in [5.41, 5.74) is -1.04. The molecule has 0 aromatic carbocycles. The lowest BCUT2D eigenvalue weighted by atomic mass is 10.0. The lowest BCUT2D eigenvalue weighted by molar-refractivity contribution is 0.0518. The Hall–Kier alpha value is -1.20. The first-order chi connectivity index (χ1) is 7.85. The van der Waals surface area contributed by atoms with Gasteiger partial charge in [0.05, 0.1) is 17.4 Å². The number of halogens is 2. The molecule has 0 bridgehead atoms. The number of nitrogens with one attached hydrogen (secondary N) is 1. The maximum absolute atomic E-state index is 12.9. The van der Waals surface area contributed by atoms with Gasteiger partial charge in [-0.15, -0.1) is 0 Å². The zero-order chi connectivity index (χ0) is 13.1. The molecule has 1 rings (SSSR count). The quantitative estimate of drug-likeness (QED) is 0.811. The van der Waals surface area contributed by atoms with E-state index in [1.54, 1.807) is 13.8 Å². The van der Waals surface area contributed by atoms with Crippen molar-refractivity contribution in [3.63, 3.8) is 0 Å². The van der Waals surface area contributed by atoms with Crippen LogP contribution in [0.2, 0.25) is 5.15 Å². The van der Waals surface area contributed by atoms with Crippen LogP contribution >= 0.6 is 11.6 Å². The molecule has 0 fully saturated rings. The second-order valence-electron chi connectivity index (χ2n) is 4.03. The van der Waals surface area contributed by atoms with E-state index < -0.39 is 17.3 Å². The van der Waals surface area contributed by atoms with Crippen molar-refractivity contribution in [1.29, 1.82) is 0 Å². The first-order valence-corrected chi connectivity index (χ1v) is 5.55. The van der Waals surface area contributed by atoms with Gasteiger partial charge in [-0.3, -0.25) is 4.79 Å². The van der Waals surface area contributed by atoms with Crippen LogP contribution in [0.5, 0.6) is 0 Å². The van der Waals surface area contributed by atoms with Gasteiger partial charge in [0.15, 0.2) is 0 Å². The minimum Gasteiger partial charge on any atom is -0.388 e. The monoisotopic (exact) mass is 260 g/mol. The lowest BCUT2D eigenvalue weighted by Crippen LogP contribution is -2.40. The summed E-state index contributed by atoms with van der Waals surface area (Å²) in [4.78, 5) is 15.2. The maximum atomic E-state index is 12.9. The second-order valence-corrected chi connectivity index (χ2v) is 4.38. The number of hydrogen-bond donors (Lipinski definition) is 2. The van der Waals surface area contributed by atoms with E-state index in [4.69, 9.17) is 11.6 Å². The Labute approximate surface area is 104 Å². The van der Waals surface area contributed by atoms with Crippen molar-refractivity contribution in [3.05, 3.63) is 28.8 Å². The van der Waals surface area contributed by atoms with Gasteiger partial charge >= 0.3 is 0 Å². The summed E-state index contributed by atoms with van der Waals surface area (Å²) >= 11 is 5.67. The third-order valence-electron chi connectivity index (χ3n) is 2.44. The van der Waals surface area contributed by atoms with E-state index in [1.807, 2.05) is 0 Å². The third kappa shape index (κ3) is 3.94. The zero-order valence-corrected chi connectivity index (χ0v) is 10.4. The molecule has 1 atom stereocenters. The fourth-order valence-electron chi connectivity index (χ4n) is 1.07. The van der Waals surface area contributed by atoms with Crippen LogP contribution in [0.4, 0.5) is 4.39 Å². The van der Waals surface area contributed by atoms with E-state index in [0.717, 1.165) is 12.3 Å². The number of carbonyl (C=O) groups excluding carboxylic acids is 1. The predicted molar refractivity (Wildman–Crippen MR) is 62.5 cm³/mol. The molecule has 0 saturated carbocycles. The highest BCUT2D eigenvalue weighted by molar-refractivity contribution is 6.32. The Balaban J connectivity index is 2.74. The van der Waals surface area contributed by atoms with Crippen molar-refractivity contribution in [2.75, 3.05) is 6.54 Å². The molecule has 2 N–H and O–H groups in total. The van der Waals surface area contributed by atoms with Crippen LogP contribution in [-0.2, 0) is 0 Å². The minimum absolute atomic E-state index is 0.0430. The van der Waals surface area contributed by atoms with Gasteiger partial charge in [0.25, 0.3) is 5.91 Å². The van der Waals surface area contributed by atoms with Crippen LogP contribution in [0.1, 0.15) is 30.6 Å². The number of nitrogens with zero attached hydrogens (tertiary/aromatic N) is 1. The molecule has 0 aliphatic carbocycles. The normalized spacial score (nSPS) is 14.2. The number of rotatable bonds is 4. The minimum atomic E-state index is -0.997. The smallest absolute Gasteiger partial charge is 0.254 e. The summed E-state index contributed by atoms with van der Waals surface area (Å²) in [7, 11) is 0. The van der Waals surface area contributed by atoms with Gasteiger partial charge in [0.1, 0.15) is 11.0 Å². The number of carbonyl (C=O) groups is 1. The van der Waals surface area contributed by atoms with E-state index in [-0.39, 0.29) is 17.3 Å². The Morgan fingerprint density at radius 1 is 1.71 bits per heavy atom. The summed E-state index contributed by atoms with van der Waals surface area (Å²) in [6, 6.07) is 1.01. The summed E-state index contributed by atoms with van der Waals surface area (Å²) in [5, 5.41) is 12.1. The van der Waals surface area contributed by atoms with Crippen molar-refractivity contribution in [1.82, 2.24) is 10.3 Å². The van der Waals surface area contributed by atoms with Crippen LogP contribution < -0.4 is 5.32 Å². The fourth-order valence-corrected chi connectivity index (χ4v) is 1.26. The molecule has 1 aromatic heterocycles. The molecule has 1 heterocycles. The third-order valence-corrected chi connectivity index (χ3v) is 2.74. The molecule has 6 heteroatoms. The standard InChI is InChI=1S/C11H14ClFN2O2/c1-3-11(2,17)6-15-10(16)8-4-7(13)5-14-9(8)12/h4-5,17H,3,6H2,1-2H3,(H,15,16). The SMILES string of the molecule is CCC(C)(O)CNC(=O)c1cc(F)cnc1Cl. The molecule has 94 valence electrons. The molecule has 1 aromatic rings. The molecule has 0 saturated heterocycles. The van der Waals surface area contributed by atoms with Gasteiger partial charge < -0.3 is 10.4 Å². The van der Waals surface area contributed by atoms with Crippen molar-refractivity contribution in [3.8, 4) is 0 Å². The Kier molecular flexibility index (Phi) is 4.42. The summed E-state index contributed by atoms with van der Waals surface area (Å²) < 4.78 is 12.9. The van der Waals surface area contributed by atoms with Crippen LogP contribution in [0.25, 0.3) is 0 Å². The molecule has 1 unspecified atom stereocenters. The molecule has 0 aliphatic rings. The summed E-state index contributed by atoms with van der Waals surface area (Å²) in [6.07, 6.45) is 1.42. The molecule has 0 aliphatic heterocycles. The molecule has 0 radical (unpaired) electrons. The summed E-state index contributed by atoms with van der Waals surface area (Å²) in [5.74, 6) is -1.20. The highest BCUT2D eigenvalue weighted by Gasteiger charge is 2.20. The van der Waals surface area contributed by atoms with Gasteiger partial charge in [0.2, 0.25) is 0 Å². The number of hydrogen-bond acceptors (Lipinski definition) is 3. The molecule has 0 spiro atoms. The highest BCUT2D eigenvalue weighted by Crippen LogP contribution is 2.14. The molecular formula is C11H14ClFN2O2. The van der Waals surface area contributed by atoms with Gasteiger partial charge in [-0.1, -0.05) is 18.5 Å². The van der Waals surface area contributed by atoms with E-state index in [1.165, 1.54) is 0 Å². The fraction of sp³-hybridized carbons (Fsp3) is 0.455. The molecule has 4 nitrogen and oxygen atoms in total. The first kappa shape index (κ1) is 13.9. The van der Waals surface area contributed by atoms with Crippen LogP contribution in [0, 0.1) is 5.82 Å². The van der Waals surface area contributed by atoms with Crippen molar-refractivity contribution in [2.24, 2.45) is 0 Å². The predicted octanol–water partition coefficient (Wildman–Crippen LogP) is 1.76. The van der Waals surface area contributed by atoms with Crippen molar-refractivity contribution in [2.45, 2.75) is 25.9 Å². The Morgan fingerprint density at radius 2 is 2.35 bits per heavy atom. The number of aromatic nitrogens is 1. The molecular weight excluding hydrogens is 247 g/mol. The van der Waals surface area contributed by atoms with Crippen LogP contribution in [0.15, 0.2) is 12.3 Å². The zero-order valence-electron chi connectivity index (χ0n) is 9.63. The van der Waals surface area contributed by atoms with Gasteiger partial charge in [-0.2, -0.15) is 0 Å². The van der Waals surface area contributed by atoms with Crippen LogP contribution in [0.3, 0.4) is 0 Å². The van der Waals surface area contributed by atoms with Crippen molar-refractivity contribution >= 4 is 17.5 Å². The lowest BCUT2D eigenvalue weighted by Gasteiger charge is -2.21. The number of pyridine rings is 1. The largest absolute Gasteiger partial charge is 0.388 e. The van der Waals surface area contributed by atoms with Crippen LogP contribution in [-0.4, -0.2) is 28.1 Å². The Bertz CT molecular complexity index is 424. The number of amides is 1. The second kappa shape index (κ2) is 5.42. The van der Waals surface area contributed by atoms with Crippen molar-refractivity contribution < 1.29 is 14.3 Å². The first-order valence-electron chi connectivity index (χ1n) is 5.17. The van der Waals surface area contributed by atoms with E-state index in [9.17, 15) is 14.3 Å². The maximum Gasteiger partial charge on any atom is 0.254 e. The molecule has 1 amide bonds. The van der Waals surface area contributed by atoms with Gasteiger partial charge in [-0.25, -0.2) is 9.37 Å². The van der Waals surface area contributed by atoms with Gasteiger partial charge in [-0.05, 0) is 19.4 Å². The van der Waals surface area contributed by atoms with E-state index >= 15 is 0 Å². The number of aliphatic hydroxyl groups is 1. The molecule has 17 heavy (non-hydrogen) atoms. The average molecular weight is 261 g/mol.